The second-order valence-electron chi connectivity index (χ2n) is 7.85. The average Bonchev–Trinajstić information content (AvgIpc) is 2.64. The van der Waals surface area contributed by atoms with E-state index in [2.05, 4.69) is 0 Å². The third kappa shape index (κ3) is 4.51. The molecule has 0 spiro atoms. The summed E-state index contributed by atoms with van der Waals surface area (Å²) in [6, 6.07) is 13.0. The zero-order chi connectivity index (χ0) is 22.1. The lowest BCUT2D eigenvalue weighted by molar-refractivity contribution is -0.384. The van der Waals surface area contributed by atoms with Gasteiger partial charge < -0.3 is 4.74 Å². The molecule has 3 rings (SSSR count). The van der Waals surface area contributed by atoms with Crippen LogP contribution < -0.4 is 0 Å². The lowest BCUT2D eigenvalue weighted by atomic mass is 9.94. The van der Waals surface area contributed by atoms with Crippen LogP contribution in [0.3, 0.4) is 0 Å². The first kappa shape index (κ1) is 21.5. The first-order valence-electron chi connectivity index (χ1n) is 9.26. The van der Waals surface area contributed by atoms with Crippen molar-refractivity contribution in [3.05, 3.63) is 82.0 Å². The normalized spacial score (nSPS) is 18.0. The van der Waals surface area contributed by atoms with Gasteiger partial charge in [0.2, 0.25) is 0 Å². The third-order valence-electron chi connectivity index (χ3n) is 4.45. The van der Waals surface area contributed by atoms with Crippen molar-refractivity contribution in [1.82, 2.24) is 4.31 Å². The van der Waals surface area contributed by atoms with E-state index in [0.29, 0.717) is 11.3 Å². The Morgan fingerprint density at radius 2 is 1.73 bits per heavy atom. The number of esters is 1. The Labute approximate surface area is 175 Å². The molecule has 0 saturated carbocycles. The Morgan fingerprint density at radius 3 is 2.27 bits per heavy atom. The Kier molecular flexibility index (Phi) is 5.67. The number of ether oxygens (including phenoxy) is 1. The van der Waals surface area contributed by atoms with Crippen LogP contribution >= 0.6 is 0 Å². The minimum absolute atomic E-state index is 0.0833. The van der Waals surface area contributed by atoms with Crippen LogP contribution in [0.15, 0.2) is 71.3 Å². The van der Waals surface area contributed by atoms with Crippen molar-refractivity contribution in [3.8, 4) is 0 Å². The summed E-state index contributed by atoms with van der Waals surface area (Å²) >= 11 is 0. The molecule has 8 nitrogen and oxygen atoms in total. The molecule has 0 bridgehead atoms. The summed E-state index contributed by atoms with van der Waals surface area (Å²) in [5.74, 6) is -0.632. The standard InChI is InChI=1S/C21H22N2O6S/c1-21(2,3)29-20(24)14-17-13-19(15-9-11-16(12-10-15)23(25)26)22(17)30(27,28)18-7-5-4-6-8-18/h4-12,14,19H,13H2,1-3H3/b17-14+. The van der Waals surface area contributed by atoms with Crippen LogP contribution in [0.4, 0.5) is 5.69 Å². The maximum atomic E-state index is 13.3. The number of nitro groups is 1. The molecule has 0 radical (unpaired) electrons. The fourth-order valence-electron chi connectivity index (χ4n) is 3.15. The molecule has 30 heavy (non-hydrogen) atoms. The van der Waals surface area contributed by atoms with Gasteiger partial charge in [0.15, 0.2) is 0 Å². The van der Waals surface area contributed by atoms with E-state index in [9.17, 15) is 23.3 Å². The van der Waals surface area contributed by atoms with Crippen LogP contribution in [0.2, 0.25) is 0 Å². The minimum atomic E-state index is -3.94. The molecule has 2 aromatic carbocycles. The van der Waals surface area contributed by atoms with Crippen LogP contribution in [0.25, 0.3) is 0 Å². The van der Waals surface area contributed by atoms with Gasteiger partial charge in [-0.15, -0.1) is 0 Å². The third-order valence-corrected chi connectivity index (χ3v) is 6.32. The Morgan fingerprint density at radius 1 is 1.13 bits per heavy atom. The number of hydrogen-bond donors (Lipinski definition) is 0. The van der Waals surface area contributed by atoms with E-state index in [1.807, 2.05) is 0 Å². The highest BCUT2D eigenvalue weighted by Gasteiger charge is 2.43. The molecule has 1 unspecified atom stereocenters. The number of nitro benzene ring substituents is 1. The summed E-state index contributed by atoms with van der Waals surface area (Å²) in [7, 11) is -3.94. The predicted molar refractivity (Wildman–Crippen MR) is 110 cm³/mol. The van der Waals surface area contributed by atoms with Crippen molar-refractivity contribution in [1.29, 1.82) is 0 Å². The second kappa shape index (κ2) is 7.91. The fraction of sp³-hybridized carbons (Fsp3) is 0.286. The van der Waals surface area contributed by atoms with Gasteiger partial charge in [0, 0.05) is 30.3 Å². The number of non-ortho nitro benzene ring substituents is 1. The van der Waals surface area contributed by atoms with Gasteiger partial charge in [0.25, 0.3) is 15.7 Å². The molecule has 2 aromatic rings. The maximum absolute atomic E-state index is 13.3. The lowest BCUT2D eigenvalue weighted by Crippen LogP contribution is -2.43. The summed E-state index contributed by atoms with van der Waals surface area (Å²) in [5, 5.41) is 10.9. The van der Waals surface area contributed by atoms with Gasteiger partial charge in [0.05, 0.1) is 15.9 Å². The molecule has 0 aliphatic carbocycles. The topological polar surface area (TPSA) is 107 Å². The summed E-state index contributed by atoms with van der Waals surface area (Å²) < 4.78 is 33.0. The van der Waals surface area contributed by atoms with Crippen molar-refractivity contribution < 1.29 is 22.9 Å². The Bertz CT molecular complexity index is 1090. The number of hydrogen-bond acceptors (Lipinski definition) is 6. The van der Waals surface area contributed by atoms with Crippen LogP contribution in [0, 0.1) is 10.1 Å². The highest BCUT2D eigenvalue weighted by atomic mass is 32.2. The van der Waals surface area contributed by atoms with Gasteiger partial charge in [-0.25, -0.2) is 13.2 Å². The monoisotopic (exact) mass is 430 g/mol. The molecular weight excluding hydrogens is 408 g/mol. The van der Waals surface area contributed by atoms with Crippen LogP contribution in [0.1, 0.15) is 38.8 Å². The zero-order valence-corrected chi connectivity index (χ0v) is 17.6. The highest BCUT2D eigenvalue weighted by Crippen LogP contribution is 2.46. The number of carbonyl (C=O) groups is 1. The van der Waals surface area contributed by atoms with E-state index >= 15 is 0 Å². The van der Waals surface area contributed by atoms with Crippen molar-refractivity contribution in [3.63, 3.8) is 0 Å². The quantitative estimate of drug-likeness (QED) is 0.308. The lowest BCUT2D eigenvalue weighted by Gasteiger charge is -2.44. The van der Waals surface area contributed by atoms with E-state index in [-0.39, 0.29) is 17.0 Å². The van der Waals surface area contributed by atoms with Gasteiger partial charge in [0.1, 0.15) is 5.60 Å². The first-order valence-corrected chi connectivity index (χ1v) is 10.7. The fourth-order valence-corrected chi connectivity index (χ4v) is 4.84. The van der Waals surface area contributed by atoms with Crippen molar-refractivity contribution >= 4 is 21.7 Å². The van der Waals surface area contributed by atoms with E-state index in [1.165, 1.54) is 46.8 Å². The molecule has 9 heteroatoms. The first-order chi connectivity index (χ1) is 14.0. The minimum Gasteiger partial charge on any atom is -0.457 e. The van der Waals surface area contributed by atoms with Gasteiger partial charge in [-0.2, -0.15) is 0 Å². The van der Waals surface area contributed by atoms with E-state index < -0.39 is 32.6 Å². The maximum Gasteiger partial charge on any atom is 0.333 e. The smallest absolute Gasteiger partial charge is 0.333 e. The van der Waals surface area contributed by atoms with Crippen LogP contribution in [-0.4, -0.2) is 29.2 Å². The molecule has 1 heterocycles. The number of nitrogens with zero attached hydrogens (tertiary/aromatic N) is 2. The molecule has 1 saturated heterocycles. The van der Waals surface area contributed by atoms with Gasteiger partial charge in [-0.3, -0.25) is 14.4 Å². The summed E-state index contributed by atoms with van der Waals surface area (Å²) in [6.07, 6.45) is 1.47. The van der Waals surface area contributed by atoms with Gasteiger partial charge in [-0.1, -0.05) is 30.3 Å². The van der Waals surface area contributed by atoms with Gasteiger partial charge in [-0.05, 0) is 38.5 Å². The predicted octanol–water partition coefficient (Wildman–Crippen LogP) is 3.96. The molecule has 1 aliphatic heterocycles. The Balaban J connectivity index is 1.98. The number of rotatable bonds is 5. The summed E-state index contributed by atoms with van der Waals surface area (Å²) in [4.78, 5) is 22.7. The number of carbonyl (C=O) groups excluding carboxylic acids is 1. The van der Waals surface area contributed by atoms with E-state index in [4.69, 9.17) is 4.74 Å². The van der Waals surface area contributed by atoms with E-state index in [1.54, 1.807) is 39.0 Å². The SMILES string of the molecule is CC(C)(C)OC(=O)/C=C1\CC(c2ccc([N+](=O)[O-])cc2)N1S(=O)(=O)c1ccccc1. The zero-order valence-electron chi connectivity index (χ0n) is 16.8. The van der Waals surface area contributed by atoms with Crippen LogP contribution in [-0.2, 0) is 19.6 Å². The van der Waals surface area contributed by atoms with Crippen molar-refractivity contribution in [2.24, 2.45) is 0 Å². The van der Waals surface area contributed by atoms with Crippen molar-refractivity contribution in [2.75, 3.05) is 0 Å². The molecule has 0 aromatic heterocycles. The molecule has 0 amide bonds. The van der Waals surface area contributed by atoms with E-state index in [0.717, 1.165) is 0 Å². The summed E-state index contributed by atoms with van der Waals surface area (Å²) in [5.41, 5.74) is 0.108. The molecule has 1 fully saturated rings. The Hall–Kier alpha value is -3.20. The largest absolute Gasteiger partial charge is 0.457 e. The molecular formula is C21H22N2O6S. The van der Waals surface area contributed by atoms with Crippen molar-refractivity contribution in [2.45, 2.75) is 43.7 Å². The van der Waals surface area contributed by atoms with Crippen LogP contribution in [0.5, 0.6) is 0 Å². The second-order valence-corrected chi connectivity index (χ2v) is 9.67. The molecule has 1 atom stereocenters. The van der Waals surface area contributed by atoms with Gasteiger partial charge >= 0.3 is 5.97 Å². The number of benzene rings is 2. The highest BCUT2D eigenvalue weighted by molar-refractivity contribution is 7.89. The molecule has 158 valence electrons. The molecule has 0 N–H and O–H groups in total. The molecule has 1 aliphatic rings. The average molecular weight is 430 g/mol. The number of sulfonamides is 1. The summed E-state index contributed by atoms with van der Waals surface area (Å²) in [6.45, 7) is 5.17.